The molecule has 0 spiro atoms. The van der Waals surface area contributed by atoms with Crippen molar-refractivity contribution in [2.75, 3.05) is 0 Å². The number of halogens is 1. The largest absolute Gasteiger partial charge is 0.454 e. The van der Waals surface area contributed by atoms with Crippen LogP contribution in [0.3, 0.4) is 0 Å². The number of fused-ring (bicyclic) bond motifs is 5. The zero-order valence-corrected chi connectivity index (χ0v) is 29.4. The third-order valence-corrected chi connectivity index (χ3v) is 16.0. The molecule has 2 aliphatic heterocycles. The molecule has 8 fully saturated rings. The Balaban J connectivity index is 0.990. The lowest BCUT2D eigenvalue weighted by Crippen LogP contribution is -2.66. The third kappa shape index (κ3) is 4.72. The molecule has 8 aliphatic rings. The Kier molecular flexibility index (Phi) is 7.69. The number of benzene rings is 1. The number of ether oxygens (including phenoxy) is 1. The Morgan fingerprint density at radius 1 is 0.979 bits per heavy atom. The highest BCUT2D eigenvalue weighted by Gasteiger charge is 2.66. The van der Waals surface area contributed by atoms with Gasteiger partial charge >= 0.3 is 5.97 Å². The molecule has 6 saturated carbocycles. The second kappa shape index (κ2) is 11.2. The number of hydrogen-bond donors (Lipinski definition) is 1. The van der Waals surface area contributed by atoms with E-state index in [4.69, 9.17) is 16.3 Å². The summed E-state index contributed by atoms with van der Waals surface area (Å²) >= 11 is 6.45. The fourth-order valence-electron chi connectivity index (χ4n) is 13.2. The summed E-state index contributed by atoms with van der Waals surface area (Å²) in [6.07, 6.45) is 9.77. The fraction of sp³-hybridized carbons (Fsp3) is 0.750. The van der Waals surface area contributed by atoms with Gasteiger partial charge in [-0.3, -0.25) is 19.2 Å². The first kappa shape index (κ1) is 32.2. The molecule has 7 heteroatoms. The van der Waals surface area contributed by atoms with Crippen molar-refractivity contribution in [1.29, 1.82) is 0 Å². The van der Waals surface area contributed by atoms with E-state index in [1.165, 1.54) is 0 Å². The van der Waals surface area contributed by atoms with Gasteiger partial charge in [-0.25, -0.2) is 0 Å². The van der Waals surface area contributed by atoms with Gasteiger partial charge in [0.2, 0.25) is 0 Å². The highest BCUT2D eigenvalue weighted by Crippen LogP contribution is 2.66. The molecule has 2 heterocycles. The molecular weight excluding hydrogens is 610 g/mol. The van der Waals surface area contributed by atoms with Gasteiger partial charge in [-0.15, -0.1) is 0 Å². The van der Waals surface area contributed by atoms with Crippen molar-refractivity contribution in [1.82, 2.24) is 5.32 Å². The average molecular weight is 662 g/mol. The predicted molar refractivity (Wildman–Crippen MR) is 180 cm³/mol. The van der Waals surface area contributed by atoms with Crippen LogP contribution in [0.25, 0.3) is 0 Å². The monoisotopic (exact) mass is 661 g/mol. The number of nitrogens with one attached hydrogen (secondary N) is 1. The van der Waals surface area contributed by atoms with Gasteiger partial charge < -0.3 is 10.1 Å². The van der Waals surface area contributed by atoms with Crippen molar-refractivity contribution < 1.29 is 23.9 Å². The summed E-state index contributed by atoms with van der Waals surface area (Å²) < 4.78 is 6.77. The number of aryl methyl sites for hydroxylation is 1. The minimum Gasteiger partial charge on any atom is -0.454 e. The Bertz CT molecular complexity index is 1490. The van der Waals surface area contributed by atoms with Crippen LogP contribution >= 0.6 is 11.6 Å². The minimum atomic E-state index is -0.609. The molecular formula is C40H52ClNO5. The van der Waals surface area contributed by atoms with Crippen molar-refractivity contribution in [2.45, 2.75) is 129 Å². The maximum atomic E-state index is 14.3. The van der Waals surface area contributed by atoms with Gasteiger partial charge in [0.15, 0.2) is 0 Å². The highest BCUT2D eigenvalue weighted by atomic mass is 35.5. The van der Waals surface area contributed by atoms with E-state index in [2.05, 4.69) is 38.2 Å². The Morgan fingerprint density at radius 2 is 1.68 bits per heavy atom. The third-order valence-electron chi connectivity index (χ3n) is 15.6. The number of Topliss-reactive ketones (excluding diaryl/α,β-unsaturated/α-hetero) is 3. The molecule has 1 N–H and O–H groups in total. The van der Waals surface area contributed by atoms with Crippen LogP contribution in [-0.2, 0) is 29.5 Å². The number of ketones is 3. The lowest BCUT2D eigenvalue weighted by atomic mass is 9.44. The molecule has 0 unspecified atom stereocenters. The van der Waals surface area contributed by atoms with E-state index in [0.717, 1.165) is 61.1 Å². The second-order valence-electron chi connectivity index (χ2n) is 17.6. The van der Waals surface area contributed by atoms with E-state index in [1.807, 2.05) is 13.0 Å². The molecule has 254 valence electrons. The molecule has 47 heavy (non-hydrogen) atoms. The Labute approximate surface area is 284 Å². The topological polar surface area (TPSA) is 89.5 Å². The van der Waals surface area contributed by atoms with Gasteiger partial charge in [-0.1, -0.05) is 44.5 Å². The summed E-state index contributed by atoms with van der Waals surface area (Å²) in [7, 11) is 0. The van der Waals surface area contributed by atoms with E-state index >= 15 is 0 Å². The molecule has 2 saturated heterocycles. The van der Waals surface area contributed by atoms with Crippen molar-refractivity contribution in [3.63, 3.8) is 0 Å². The van der Waals surface area contributed by atoms with Gasteiger partial charge in [0.1, 0.15) is 23.0 Å². The number of carbonyl (C=O) groups is 4. The fourth-order valence-corrected chi connectivity index (χ4v) is 13.3. The maximum Gasteiger partial charge on any atom is 0.306 e. The van der Waals surface area contributed by atoms with Crippen LogP contribution in [0.5, 0.6) is 0 Å². The van der Waals surface area contributed by atoms with E-state index in [-0.39, 0.29) is 52.7 Å². The molecule has 0 amide bonds. The van der Waals surface area contributed by atoms with Crippen LogP contribution in [0.15, 0.2) is 18.2 Å². The van der Waals surface area contributed by atoms with Gasteiger partial charge in [0.25, 0.3) is 0 Å². The quantitative estimate of drug-likeness (QED) is 0.317. The first-order valence-corrected chi connectivity index (χ1v) is 19.0. The van der Waals surface area contributed by atoms with E-state index in [0.29, 0.717) is 74.0 Å². The summed E-state index contributed by atoms with van der Waals surface area (Å²) in [6.45, 7) is 8.66. The lowest BCUT2D eigenvalue weighted by molar-refractivity contribution is -0.206. The van der Waals surface area contributed by atoms with Crippen LogP contribution in [-0.4, -0.2) is 35.4 Å². The SMILES string of the molecule is Cc1cc(C2(OC(=O)CC[C@@H](C)[C@H]3CC[C@H]4[C@@H]5C(=O)C[C@@H]6CC(=O)CC[C@]6(C)[C@H]5CC(=O)[C@]34C)C3CC4CC2CC(C3)N4)ccc1Cl. The molecule has 0 aromatic heterocycles. The number of rotatable bonds is 6. The van der Waals surface area contributed by atoms with Gasteiger partial charge in [-0.2, -0.15) is 0 Å². The number of carbonyl (C=O) groups excluding carboxylic acids is 4. The normalized spacial score (nSPS) is 45.7. The van der Waals surface area contributed by atoms with E-state index < -0.39 is 11.0 Å². The van der Waals surface area contributed by atoms with Gasteiger partial charge in [-0.05, 0) is 110 Å². The molecule has 9 rings (SSSR count). The summed E-state index contributed by atoms with van der Waals surface area (Å²) in [4.78, 5) is 54.3. The first-order chi connectivity index (χ1) is 22.3. The van der Waals surface area contributed by atoms with Crippen LogP contribution in [0.2, 0.25) is 5.02 Å². The molecule has 4 bridgehead atoms. The van der Waals surface area contributed by atoms with Crippen molar-refractivity contribution >= 4 is 34.9 Å². The average Bonchev–Trinajstić information content (AvgIpc) is 3.38. The smallest absolute Gasteiger partial charge is 0.306 e. The molecule has 0 radical (unpaired) electrons. The maximum absolute atomic E-state index is 14.3. The molecule has 6 nitrogen and oxygen atoms in total. The summed E-state index contributed by atoms with van der Waals surface area (Å²) in [5, 5.41) is 4.53. The standard InChI is InChI=1S/C40H52ClNO5/c1-21(30-7-8-31-37-32(20-35(45)39(30,31)4)38(3)12-11-29(43)18-24(38)19-34(37)44)5-10-36(46)47-40(23-6-9-33(41)22(2)13-23)25-14-27-16-26(40)17-28(15-25)42-27/h6,9,13,21,24-28,30-32,37,42H,5,7-8,10-12,14-20H2,1-4H3/t21-,24+,25?,26?,27?,28?,30-,31+,32+,37+,38+,39-,40?/m1/s1. The van der Waals surface area contributed by atoms with Crippen molar-refractivity contribution in [2.24, 2.45) is 58.2 Å². The molecule has 1 aromatic rings. The molecule has 1 aromatic carbocycles. The Morgan fingerprint density at radius 3 is 2.36 bits per heavy atom. The zero-order chi connectivity index (χ0) is 33.0. The van der Waals surface area contributed by atoms with E-state index in [1.54, 1.807) is 0 Å². The lowest BCUT2D eigenvalue weighted by Gasteiger charge is -2.60. The first-order valence-electron chi connectivity index (χ1n) is 18.7. The number of hydrogen-bond acceptors (Lipinski definition) is 6. The van der Waals surface area contributed by atoms with Gasteiger partial charge in [0.05, 0.1) is 0 Å². The molecule has 6 aliphatic carbocycles. The number of piperidine rings is 2. The van der Waals surface area contributed by atoms with Crippen LogP contribution in [0.1, 0.15) is 115 Å². The second-order valence-corrected chi connectivity index (χ2v) is 18.0. The summed E-state index contributed by atoms with van der Waals surface area (Å²) in [6, 6.07) is 7.21. The van der Waals surface area contributed by atoms with Crippen molar-refractivity contribution in [3.8, 4) is 0 Å². The van der Waals surface area contributed by atoms with Crippen LogP contribution < -0.4 is 5.32 Å². The van der Waals surface area contributed by atoms with Crippen LogP contribution in [0.4, 0.5) is 0 Å². The number of esters is 1. The van der Waals surface area contributed by atoms with Crippen molar-refractivity contribution in [3.05, 3.63) is 34.3 Å². The van der Waals surface area contributed by atoms with Crippen LogP contribution in [0, 0.1) is 65.1 Å². The Hall–Kier alpha value is -2.05. The zero-order valence-electron chi connectivity index (χ0n) is 28.6. The summed E-state index contributed by atoms with van der Waals surface area (Å²) in [5.74, 6) is 1.79. The van der Waals surface area contributed by atoms with E-state index in [9.17, 15) is 19.2 Å². The molecule has 8 atom stereocenters. The van der Waals surface area contributed by atoms with Gasteiger partial charge in [0, 0.05) is 72.4 Å². The highest BCUT2D eigenvalue weighted by molar-refractivity contribution is 6.31. The minimum absolute atomic E-state index is 0.0559. The summed E-state index contributed by atoms with van der Waals surface area (Å²) in [5.41, 5.74) is 0.858. The predicted octanol–water partition coefficient (Wildman–Crippen LogP) is 7.55.